The molecule has 0 radical (unpaired) electrons. The van der Waals surface area contributed by atoms with Gasteiger partial charge in [0.15, 0.2) is 0 Å². The lowest BCUT2D eigenvalue weighted by Gasteiger charge is -2.15. The third-order valence-electron chi connectivity index (χ3n) is 4.24. The Hall–Kier alpha value is -2.44. The monoisotopic (exact) mass is 336 g/mol. The van der Waals surface area contributed by atoms with Crippen molar-refractivity contribution in [2.24, 2.45) is 11.8 Å². The van der Waals surface area contributed by atoms with Gasteiger partial charge in [-0.1, -0.05) is 6.92 Å². The van der Waals surface area contributed by atoms with Crippen LogP contribution in [0, 0.1) is 17.7 Å². The minimum atomic E-state index is -0.871. The van der Waals surface area contributed by atoms with Gasteiger partial charge in [0.1, 0.15) is 5.82 Å². The molecule has 2 N–H and O–H groups in total. The number of carboxylic acids is 1. The van der Waals surface area contributed by atoms with Crippen LogP contribution in [0.15, 0.2) is 24.3 Å². The smallest absolute Gasteiger partial charge is 0.308 e. The van der Waals surface area contributed by atoms with Crippen molar-refractivity contribution in [3.63, 3.8) is 0 Å². The summed E-state index contributed by atoms with van der Waals surface area (Å²) in [4.78, 5) is 36.6. The molecule has 1 heterocycles. The molecular weight excluding hydrogens is 315 g/mol. The summed E-state index contributed by atoms with van der Waals surface area (Å²) in [5, 5.41) is 11.7. The number of halogens is 1. The number of carbonyl (C=O) groups is 3. The van der Waals surface area contributed by atoms with Gasteiger partial charge in [-0.3, -0.25) is 14.4 Å². The van der Waals surface area contributed by atoms with E-state index in [0.29, 0.717) is 25.1 Å². The van der Waals surface area contributed by atoms with Gasteiger partial charge in [-0.2, -0.15) is 0 Å². The molecule has 6 nitrogen and oxygen atoms in total. The lowest BCUT2D eigenvalue weighted by molar-refractivity contribution is -0.142. The van der Waals surface area contributed by atoms with Crippen molar-refractivity contribution in [2.75, 3.05) is 19.6 Å². The zero-order chi connectivity index (χ0) is 17.7. The van der Waals surface area contributed by atoms with Crippen LogP contribution < -0.4 is 5.32 Å². The van der Waals surface area contributed by atoms with Crippen LogP contribution in [-0.4, -0.2) is 47.4 Å². The fourth-order valence-corrected chi connectivity index (χ4v) is 2.79. The third-order valence-corrected chi connectivity index (χ3v) is 4.24. The van der Waals surface area contributed by atoms with Crippen LogP contribution in [0.5, 0.6) is 0 Å². The highest BCUT2D eigenvalue weighted by Gasteiger charge is 2.36. The molecule has 0 aliphatic carbocycles. The third kappa shape index (κ3) is 4.53. The molecule has 0 bridgehead atoms. The van der Waals surface area contributed by atoms with Crippen LogP contribution >= 0.6 is 0 Å². The summed E-state index contributed by atoms with van der Waals surface area (Å²) in [6.45, 7) is 2.86. The Balaban J connectivity index is 1.70. The molecule has 1 fully saturated rings. The molecule has 130 valence electrons. The molecule has 2 rings (SSSR count). The van der Waals surface area contributed by atoms with Crippen LogP contribution in [0.3, 0.4) is 0 Å². The largest absolute Gasteiger partial charge is 0.481 e. The minimum Gasteiger partial charge on any atom is -0.481 e. The Morgan fingerprint density at radius 2 is 1.92 bits per heavy atom. The molecule has 0 unspecified atom stereocenters. The molecule has 7 heteroatoms. The predicted octanol–water partition coefficient (Wildman–Crippen LogP) is 1.51. The fourth-order valence-electron chi connectivity index (χ4n) is 2.79. The van der Waals surface area contributed by atoms with E-state index in [1.54, 1.807) is 4.90 Å². The van der Waals surface area contributed by atoms with Crippen LogP contribution in [0.1, 0.15) is 30.1 Å². The number of hydrogen-bond donors (Lipinski definition) is 2. The predicted molar refractivity (Wildman–Crippen MR) is 84.8 cm³/mol. The Morgan fingerprint density at radius 3 is 2.50 bits per heavy atom. The standard InChI is InChI=1S/C17H21FN2O4/c1-11-9-20(10-14(11)17(23)24)15(21)3-2-8-19-16(22)12-4-6-13(18)7-5-12/h4-7,11,14H,2-3,8-10H2,1H3,(H,19,22)(H,23,24)/t11-,14-/m1/s1. The lowest BCUT2D eigenvalue weighted by Crippen LogP contribution is -2.31. The van der Waals surface area contributed by atoms with Crippen LogP contribution in [0.25, 0.3) is 0 Å². The quantitative estimate of drug-likeness (QED) is 0.771. The Labute approximate surface area is 139 Å². The summed E-state index contributed by atoms with van der Waals surface area (Å²) in [6, 6.07) is 5.22. The van der Waals surface area contributed by atoms with E-state index in [0.717, 1.165) is 0 Å². The average Bonchev–Trinajstić information content (AvgIpc) is 2.94. The maximum atomic E-state index is 12.8. The van der Waals surface area contributed by atoms with Gasteiger partial charge in [0.05, 0.1) is 5.92 Å². The normalized spacial score (nSPS) is 20.0. The van der Waals surface area contributed by atoms with Gasteiger partial charge in [0.25, 0.3) is 5.91 Å². The number of carbonyl (C=O) groups excluding carboxylic acids is 2. The zero-order valence-electron chi connectivity index (χ0n) is 13.5. The van der Waals surface area contributed by atoms with E-state index in [1.165, 1.54) is 24.3 Å². The van der Waals surface area contributed by atoms with Crippen LogP contribution in [-0.2, 0) is 9.59 Å². The molecule has 1 aromatic rings. The average molecular weight is 336 g/mol. The number of nitrogens with zero attached hydrogens (tertiary/aromatic N) is 1. The molecule has 1 aromatic carbocycles. The Kier molecular flexibility index (Phi) is 5.89. The number of amides is 2. The second-order valence-electron chi connectivity index (χ2n) is 6.09. The Morgan fingerprint density at radius 1 is 1.25 bits per heavy atom. The first-order chi connectivity index (χ1) is 11.4. The zero-order valence-corrected chi connectivity index (χ0v) is 13.5. The number of nitrogens with one attached hydrogen (secondary N) is 1. The first-order valence-electron chi connectivity index (χ1n) is 7.93. The second-order valence-corrected chi connectivity index (χ2v) is 6.09. The van der Waals surface area contributed by atoms with E-state index in [9.17, 15) is 18.8 Å². The highest BCUT2D eigenvalue weighted by molar-refractivity contribution is 5.94. The Bertz CT molecular complexity index is 618. The molecule has 1 saturated heterocycles. The summed E-state index contributed by atoms with van der Waals surface area (Å²) in [5.74, 6) is -2.25. The van der Waals surface area contributed by atoms with Gasteiger partial charge >= 0.3 is 5.97 Å². The van der Waals surface area contributed by atoms with Crippen molar-refractivity contribution in [1.29, 1.82) is 0 Å². The van der Waals surface area contributed by atoms with Crippen molar-refractivity contribution in [2.45, 2.75) is 19.8 Å². The number of hydrogen-bond acceptors (Lipinski definition) is 3. The number of carboxylic acid groups (broad SMARTS) is 1. The molecule has 2 atom stereocenters. The summed E-state index contributed by atoms with van der Waals surface area (Å²) in [5.41, 5.74) is 0.361. The van der Waals surface area contributed by atoms with Crippen molar-refractivity contribution in [3.05, 3.63) is 35.6 Å². The van der Waals surface area contributed by atoms with E-state index in [1.807, 2.05) is 6.92 Å². The van der Waals surface area contributed by atoms with E-state index in [2.05, 4.69) is 5.32 Å². The summed E-state index contributed by atoms with van der Waals surface area (Å²) >= 11 is 0. The van der Waals surface area contributed by atoms with E-state index >= 15 is 0 Å². The molecular formula is C17H21FN2O4. The van der Waals surface area contributed by atoms with Crippen molar-refractivity contribution in [3.8, 4) is 0 Å². The highest BCUT2D eigenvalue weighted by atomic mass is 19.1. The first kappa shape index (κ1) is 17.9. The molecule has 0 spiro atoms. The first-order valence-corrected chi connectivity index (χ1v) is 7.93. The van der Waals surface area contributed by atoms with Gasteiger partial charge in [0.2, 0.25) is 5.91 Å². The molecule has 24 heavy (non-hydrogen) atoms. The van der Waals surface area contributed by atoms with Gasteiger partial charge in [0, 0.05) is 31.6 Å². The van der Waals surface area contributed by atoms with E-state index in [-0.39, 0.29) is 30.7 Å². The van der Waals surface area contributed by atoms with Crippen molar-refractivity contribution >= 4 is 17.8 Å². The van der Waals surface area contributed by atoms with Crippen LogP contribution in [0.4, 0.5) is 4.39 Å². The van der Waals surface area contributed by atoms with E-state index in [4.69, 9.17) is 5.11 Å². The van der Waals surface area contributed by atoms with Crippen molar-refractivity contribution in [1.82, 2.24) is 10.2 Å². The molecule has 0 aromatic heterocycles. The molecule has 2 amide bonds. The molecule has 0 saturated carbocycles. The summed E-state index contributed by atoms with van der Waals surface area (Å²) in [6.07, 6.45) is 0.719. The number of aliphatic carboxylic acids is 1. The lowest BCUT2D eigenvalue weighted by atomic mass is 9.99. The highest BCUT2D eigenvalue weighted by Crippen LogP contribution is 2.23. The topological polar surface area (TPSA) is 86.7 Å². The number of rotatable bonds is 6. The van der Waals surface area contributed by atoms with Gasteiger partial charge in [-0.05, 0) is 36.6 Å². The maximum Gasteiger partial charge on any atom is 0.308 e. The number of benzene rings is 1. The fraction of sp³-hybridized carbons (Fsp3) is 0.471. The maximum absolute atomic E-state index is 12.8. The summed E-state index contributed by atoms with van der Waals surface area (Å²) < 4.78 is 12.8. The van der Waals surface area contributed by atoms with Gasteiger partial charge < -0.3 is 15.3 Å². The minimum absolute atomic E-state index is 0.0513. The summed E-state index contributed by atoms with van der Waals surface area (Å²) in [7, 11) is 0. The van der Waals surface area contributed by atoms with Gasteiger partial charge in [-0.15, -0.1) is 0 Å². The van der Waals surface area contributed by atoms with Gasteiger partial charge in [-0.25, -0.2) is 4.39 Å². The molecule has 1 aliphatic heterocycles. The van der Waals surface area contributed by atoms with Crippen molar-refractivity contribution < 1.29 is 23.9 Å². The SMILES string of the molecule is C[C@@H]1CN(C(=O)CCCNC(=O)c2ccc(F)cc2)C[C@H]1C(=O)O. The second kappa shape index (κ2) is 7.90. The van der Waals surface area contributed by atoms with Crippen LogP contribution in [0.2, 0.25) is 0 Å². The van der Waals surface area contributed by atoms with E-state index < -0.39 is 17.7 Å². The number of likely N-dealkylation sites (tertiary alicyclic amines) is 1. The molecule has 1 aliphatic rings.